The molecule has 6 aromatic carbocycles. The number of benzene rings is 6. The van der Waals surface area contributed by atoms with Crippen molar-refractivity contribution in [3.8, 4) is 39.3 Å². The first-order chi connectivity index (χ1) is 19.8. The third-order valence-electron chi connectivity index (χ3n) is 7.71. The Labute approximate surface area is 236 Å². The summed E-state index contributed by atoms with van der Waals surface area (Å²) in [6, 6.07) is 49.7. The second kappa shape index (κ2) is 9.33. The van der Waals surface area contributed by atoms with Crippen LogP contribution in [0, 0.1) is 0 Å². The lowest BCUT2D eigenvalue weighted by atomic mass is 9.97. The molecule has 0 saturated carbocycles. The Morgan fingerprint density at radius 2 is 1.25 bits per heavy atom. The van der Waals surface area contributed by atoms with Gasteiger partial charge in [-0.1, -0.05) is 103 Å². The quantitative estimate of drug-likeness (QED) is 0.222. The van der Waals surface area contributed by atoms with Crippen molar-refractivity contribution in [3.05, 3.63) is 145 Å². The summed E-state index contributed by atoms with van der Waals surface area (Å²) in [6.07, 6.45) is 0. The second-order valence-electron chi connectivity index (χ2n) is 10.1. The smallest absolute Gasteiger partial charge is 0.147 e. The van der Waals surface area contributed by atoms with Crippen LogP contribution in [0.25, 0.3) is 71.2 Å². The van der Waals surface area contributed by atoms with Gasteiger partial charge in [0, 0.05) is 26.7 Å². The average molecular weight is 529 g/mol. The molecule has 2 aromatic heterocycles. The zero-order chi connectivity index (χ0) is 26.5. The Balaban J connectivity index is 1.31. The van der Waals surface area contributed by atoms with Crippen LogP contribution in [0.4, 0.5) is 0 Å². The zero-order valence-corrected chi connectivity index (χ0v) is 22.5. The van der Waals surface area contributed by atoms with Crippen LogP contribution in [0.3, 0.4) is 0 Å². The maximum Gasteiger partial charge on any atom is 0.147 e. The number of hydrogen-bond acceptors (Lipinski definition) is 2. The third kappa shape index (κ3) is 3.75. The molecule has 8 rings (SSSR count). The van der Waals surface area contributed by atoms with Crippen LogP contribution in [0.1, 0.15) is 0 Å². The van der Waals surface area contributed by atoms with E-state index in [1.807, 2.05) is 0 Å². The molecule has 0 amide bonds. The van der Waals surface area contributed by atoms with Gasteiger partial charge in [0.2, 0.25) is 0 Å². The minimum Gasteiger partial charge on any atom is -0.292 e. The molecule has 0 bridgehead atoms. The molecule has 2 heterocycles. The van der Waals surface area contributed by atoms with Crippen molar-refractivity contribution in [2.24, 2.45) is 0 Å². The number of thiophene rings is 1. The largest absolute Gasteiger partial charge is 0.292 e. The normalized spacial score (nSPS) is 11.5. The molecule has 0 N–H and O–H groups in total. The van der Waals surface area contributed by atoms with Crippen molar-refractivity contribution in [1.82, 2.24) is 9.55 Å². The molecule has 0 unspecified atom stereocenters. The lowest BCUT2D eigenvalue weighted by Crippen LogP contribution is -1.97. The van der Waals surface area contributed by atoms with Crippen molar-refractivity contribution in [2.75, 3.05) is 0 Å². The highest BCUT2D eigenvalue weighted by Gasteiger charge is 2.18. The molecule has 188 valence electrons. The van der Waals surface area contributed by atoms with Crippen LogP contribution >= 0.6 is 11.3 Å². The SMILES string of the molecule is c1ccc(-c2ccc(-n3c(-c4csc5ccc(-c6cccc7ccccc67)cc45)nc4ccccc43)cc2)cc1. The van der Waals surface area contributed by atoms with Gasteiger partial charge in [-0.05, 0) is 69.4 Å². The highest BCUT2D eigenvalue weighted by molar-refractivity contribution is 7.17. The second-order valence-corrected chi connectivity index (χ2v) is 11.0. The molecule has 3 heteroatoms. The predicted molar refractivity (Wildman–Crippen MR) is 170 cm³/mol. The van der Waals surface area contributed by atoms with E-state index in [4.69, 9.17) is 4.98 Å². The maximum atomic E-state index is 5.18. The summed E-state index contributed by atoms with van der Waals surface area (Å²) in [5.74, 6) is 0.968. The van der Waals surface area contributed by atoms with Gasteiger partial charge >= 0.3 is 0 Å². The van der Waals surface area contributed by atoms with E-state index in [-0.39, 0.29) is 0 Å². The maximum absolute atomic E-state index is 5.18. The predicted octanol–water partition coefficient (Wildman–Crippen LogP) is 10.4. The van der Waals surface area contributed by atoms with Gasteiger partial charge in [0.15, 0.2) is 0 Å². The molecule has 0 atom stereocenters. The molecule has 40 heavy (non-hydrogen) atoms. The molecule has 0 aliphatic rings. The summed E-state index contributed by atoms with van der Waals surface area (Å²) < 4.78 is 3.56. The van der Waals surface area contributed by atoms with E-state index in [1.165, 1.54) is 43.1 Å². The van der Waals surface area contributed by atoms with Crippen molar-refractivity contribution >= 4 is 43.2 Å². The van der Waals surface area contributed by atoms with Gasteiger partial charge in [-0.3, -0.25) is 4.57 Å². The van der Waals surface area contributed by atoms with Gasteiger partial charge in [-0.2, -0.15) is 0 Å². The van der Waals surface area contributed by atoms with Crippen LogP contribution in [0.15, 0.2) is 145 Å². The van der Waals surface area contributed by atoms with Crippen molar-refractivity contribution < 1.29 is 0 Å². The molecule has 8 aromatic rings. The molecule has 0 aliphatic carbocycles. The van der Waals surface area contributed by atoms with E-state index in [0.29, 0.717) is 0 Å². The third-order valence-corrected chi connectivity index (χ3v) is 8.67. The topological polar surface area (TPSA) is 17.8 Å². The number of hydrogen-bond donors (Lipinski definition) is 0. The van der Waals surface area contributed by atoms with Crippen molar-refractivity contribution in [3.63, 3.8) is 0 Å². The molecule has 0 saturated heterocycles. The fraction of sp³-hybridized carbons (Fsp3) is 0. The number of fused-ring (bicyclic) bond motifs is 3. The molecular formula is C37H24N2S. The van der Waals surface area contributed by atoms with Gasteiger partial charge in [-0.25, -0.2) is 4.98 Å². The van der Waals surface area contributed by atoms with E-state index in [9.17, 15) is 0 Å². The Morgan fingerprint density at radius 1 is 0.525 bits per heavy atom. The standard InChI is InChI=1S/C37H24N2S/c1-2-9-25(10-3-1)26-17-20-29(21-18-26)39-35-16-7-6-15-34(35)38-37(39)33-24-40-36-22-19-28(23-32(33)36)31-14-8-12-27-11-4-5-13-30(27)31/h1-24H. The fourth-order valence-corrected chi connectivity index (χ4v) is 6.67. The van der Waals surface area contributed by atoms with Crippen LogP contribution in [-0.4, -0.2) is 9.55 Å². The van der Waals surface area contributed by atoms with E-state index < -0.39 is 0 Å². The molecule has 0 spiro atoms. The lowest BCUT2D eigenvalue weighted by molar-refractivity contribution is 1.11. The first-order valence-corrected chi connectivity index (χ1v) is 14.3. The van der Waals surface area contributed by atoms with Gasteiger partial charge in [-0.15, -0.1) is 11.3 Å². The number of imidazole rings is 1. The Morgan fingerprint density at radius 3 is 2.15 bits per heavy atom. The highest BCUT2D eigenvalue weighted by atomic mass is 32.1. The number of aromatic nitrogens is 2. The van der Waals surface area contributed by atoms with Crippen LogP contribution in [-0.2, 0) is 0 Å². The lowest BCUT2D eigenvalue weighted by Gasteiger charge is -2.11. The summed E-state index contributed by atoms with van der Waals surface area (Å²) in [7, 11) is 0. The Kier molecular flexibility index (Phi) is 5.35. The van der Waals surface area contributed by atoms with Gasteiger partial charge in [0.25, 0.3) is 0 Å². The molecular weight excluding hydrogens is 504 g/mol. The molecule has 0 fully saturated rings. The molecule has 0 aliphatic heterocycles. The van der Waals surface area contributed by atoms with Crippen molar-refractivity contribution in [2.45, 2.75) is 0 Å². The number of nitrogens with zero attached hydrogens (tertiary/aromatic N) is 2. The highest BCUT2D eigenvalue weighted by Crippen LogP contribution is 2.40. The first-order valence-electron chi connectivity index (χ1n) is 13.5. The Hall–Kier alpha value is -4.99. The fourth-order valence-electron chi connectivity index (χ4n) is 5.75. The van der Waals surface area contributed by atoms with E-state index >= 15 is 0 Å². The van der Waals surface area contributed by atoms with Gasteiger partial charge < -0.3 is 0 Å². The van der Waals surface area contributed by atoms with E-state index in [2.05, 4.69) is 149 Å². The number of rotatable bonds is 4. The molecule has 0 radical (unpaired) electrons. The van der Waals surface area contributed by atoms with Crippen molar-refractivity contribution in [1.29, 1.82) is 0 Å². The Bertz CT molecular complexity index is 2150. The first kappa shape index (κ1) is 22.9. The van der Waals surface area contributed by atoms with Crippen LogP contribution in [0.2, 0.25) is 0 Å². The summed E-state index contributed by atoms with van der Waals surface area (Å²) in [5.41, 5.74) is 9.26. The van der Waals surface area contributed by atoms with E-state index in [1.54, 1.807) is 11.3 Å². The summed E-state index contributed by atoms with van der Waals surface area (Å²) in [6.45, 7) is 0. The van der Waals surface area contributed by atoms with E-state index in [0.717, 1.165) is 28.1 Å². The average Bonchev–Trinajstić information content (AvgIpc) is 3.62. The number of para-hydroxylation sites is 2. The zero-order valence-electron chi connectivity index (χ0n) is 21.7. The van der Waals surface area contributed by atoms with Gasteiger partial charge in [0.1, 0.15) is 5.82 Å². The van der Waals surface area contributed by atoms with Crippen LogP contribution < -0.4 is 0 Å². The van der Waals surface area contributed by atoms with Crippen LogP contribution in [0.5, 0.6) is 0 Å². The minimum absolute atomic E-state index is 0.968. The molecule has 2 nitrogen and oxygen atoms in total. The van der Waals surface area contributed by atoms with Gasteiger partial charge in [0.05, 0.1) is 11.0 Å². The summed E-state index contributed by atoms with van der Waals surface area (Å²) in [5, 5.41) is 6.01. The summed E-state index contributed by atoms with van der Waals surface area (Å²) in [4.78, 5) is 5.18. The monoisotopic (exact) mass is 528 g/mol. The minimum atomic E-state index is 0.968. The summed E-state index contributed by atoms with van der Waals surface area (Å²) >= 11 is 1.78.